The summed E-state index contributed by atoms with van der Waals surface area (Å²) in [5.41, 5.74) is 3.57. The second-order valence-electron chi connectivity index (χ2n) is 7.66. The number of rotatable bonds is 5. The largest absolute Gasteiger partial charge is 0.372 e. The topological polar surface area (TPSA) is 67.7 Å². The average Bonchev–Trinajstić information content (AvgIpc) is 3.23. The third-order valence-corrected chi connectivity index (χ3v) is 5.91. The highest BCUT2D eigenvalue weighted by atomic mass is 16.5. The number of fused-ring (bicyclic) bond motifs is 1. The predicted octanol–water partition coefficient (Wildman–Crippen LogP) is 2.04. The highest BCUT2D eigenvalue weighted by Crippen LogP contribution is 2.30. The summed E-state index contributed by atoms with van der Waals surface area (Å²) >= 11 is 0. The Labute approximate surface area is 159 Å². The molecule has 1 aromatic heterocycles. The molecule has 27 heavy (non-hydrogen) atoms. The number of likely N-dealkylation sites (tertiary alicyclic amines) is 1. The van der Waals surface area contributed by atoms with Gasteiger partial charge in [-0.15, -0.1) is 0 Å². The van der Waals surface area contributed by atoms with Crippen LogP contribution in [0.4, 0.5) is 0 Å². The van der Waals surface area contributed by atoms with Crippen molar-refractivity contribution in [2.45, 2.75) is 58.2 Å². The van der Waals surface area contributed by atoms with E-state index in [2.05, 4.69) is 9.78 Å². The van der Waals surface area contributed by atoms with Crippen molar-refractivity contribution in [2.24, 2.45) is 0 Å². The summed E-state index contributed by atoms with van der Waals surface area (Å²) < 4.78 is 7.34. The van der Waals surface area contributed by atoms with E-state index in [1.807, 2.05) is 29.0 Å². The van der Waals surface area contributed by atoms with Crippen LogP contribution < -0.4 is 0 Å². The fourth-order valence-electron chi connectivity index (χ4n) is 4.07. The van der Waals surface area contributed by atoms with Crippen molar-refractivity contribution in [3.8, 4) is 0 Å². The number of aromatic nitrogens is 2. The number of piperidine rings is 1. The molecule has 1 saturated heterocycles. The van der Waals surface area contributed by atoms with Crippen LogP contribution in [0, 0.1) is 0 Å². The first-order valence-corrected chi connectivity index (χ1v) is 10.0. The summed E-state index contributed by atoms with van der Waals surface area (Å²) in [5.74, 6) is 0.200. The molecule has 0 unspecified atom stereocenters. The Morgan fingerprint density at radius 2 is 2.00 bits per heavy atom. The van der Waals surface area contributed by atoms with Gasteiger partial charge >= 0.3 is 0 Å². The summed E-state index contributed by atoms with van der Waals surface area (Å²) in [5, 5.41) is 4.59. The van der Waals surface area contributed by atoms with Gasteiger partial charge in [0.05, 0.1) is 24.5 Å². The van der Waals surface area contributed by atoms with Gasteiger partial charge in [-0.05, 0) is 39.0 Å². The van der Waals surface area contributed by atoms with Crippen LogP contribution in [-0.4, -0.2) is 57.7 Å². The number of amides is 2. The van der Waals surface area contributed by atoms with E-state index in [9.17, 15) is 9.59 Å². The van der Waals surface area contributed by atoms with Crippen LogP contribution in [0.3, 0.4) is 0 Å². The Balaban J connectivity index is 1.34. The van der Waals surface area contributed by atoms with Gasteiger partial charge in [0, 0.05) is 37.9 Å². The normalized spacial score (nSPS) is 19.8. The zero-order valence-corrected chi connectivity index (χ0v) is 16.0. The van der Waals surface area contributed by atoms with E-state index in [0.717, 1.165) is 50.0 Å². The number of carbonyl (C=O) groups is 2. The molecule has 3 aliphatic rings. The van der Waals surface area contributed by atoms with Crippen LogP contribution in [-0.2, 0) is 27.4 Å². The molecule has 0 aromatic carbocycles. The monoisotopic (exact) mass is 372 g/mol. The first-order chi connectivity index (χ1) is 13.2. The maximum absolute atomic E-state index is 12.4. The molecule has 2 aliphatic heterocycles. The van der Waals surface area contributed by atoms with Crippen molar-refractivity contribution in [3.63, 3.8) is 0 Å². The molecule has 3 heterocycles. The zero-order valence-electron chi connectivity index (χ0n) is 16.0. The van der Waals surface area contributed by atoms with Crippen LogP contribution in [0.2, 0.25) is 0 Å². The van der Waals surface area contributed by atoms with Gasteiger partial charge in [0.15, 0.2) is 0 Å². The molecule has 0 atom stereocenters. The predicted molar refractivity (Wildman–Crippen MR) is 99.8 cm³/mol. The SMILES string of the molecule is CCOCC(=O)N1Cc2cnn(C3CCN(C(=O)C=C4CCC4)CC3)c2C1. The molecule has 0 bridgehead atoms. The lowest BCUT2D eigenvalue weighted by molar-refractivity contribution is -0.136. The Hall–Kier alpha value is -2.15. The summed E-state index contributed by atoms with van der Waals surface area (Å²) in [6.45, 7) is 5.35. The van der Waals surface area contributed by atoms with Crippen molar-refractivity contribution in [1.82, 2.24) is 19.6 Å². The van der Waals surface area contributed by atoms with E-state index in [1.165, 1.54) is 12.0 Å². The van der Waals surface area contributed by atoms with Gasteiger partial charge in [-0.1, -0.05) is 5.57 Å². The molecule has 146 valence electrons. The summed E-state index contributed by atoms with van der Waals surface area (Å²) in [4.78, 5) is 28.4. The maximum Gasteiger partial charge on any atom is 0.249 e. The minimum absolute atomic E-state index is 0.0315. The molecule has 1 saturated carbocycles. The van der Waals surface area contributed by atoms with E-state index in [0.29, 0.717) is 25.7 Å². The first kappa shape index (κ1) is 18.2. The van der Waals surface area contributed by atoms with Crippen molar-refractivity contribution in [3.05, 3.63) is 29.1 Å². The van der Waals surface area contributed by atoms with E-state index >= 15 is 0 Å². The van der Waals surface area contributed by atoms with Crippen LogP contribution in [0.5, 0.6) is 0 Å². The highest BCUT2D eigenvalue weighted by molar-refractivity contribution is 5.88. The quantitative estimate of drug-likeness (QED) is 0.742. The van der Waals surface area contributed by atoms with Crippen molar-refractivity contribution >= 4 is 11.8 Å². The van der Waals surface area contributed by atoms with E-state index < -0.39 is 0 Å². The lowest BCUT2D eigenvalue weighted by Gasteiger charge is -2.32. The molecule has 4 rings (SSSR count). The molecule has 7 heteroatoms. The summed E-state index contributed by atoms with van der Waals surface area (Å²) in [6.07, 6.45) is 8.95. The van der Waals surface area contributed by atoms with Crippen LogP contribution in [0.15, 0.2) is 17.8 Å². The first-order valence-electron chi connectivity index (χ1n) is 10.0. The highest BCUT2D eigenvalue weighted by Gasteiger charge is 2.31. The number of carbonyl (C=O) groups excluding carboxylic acids is 2. The van der Waals surface area contributed by atoms with E-state index in [1.54, 1.807) is 0 Å². The number of hydrogen-bond acceptors (Lipinski definition) is 4. The minimum atomic E-state index is 0.0315. The molecule has 1 aromatic rings. The second kappa shape index (κ2) is 7.84. The Morgan fingerprint density at radius 3 is 2.67 bits per heavy atom. The molecule has 0 N–H and O–H groups in total. The Morgan fingerprint density at radius 1 is 1.22 bits per heavy atom. The van der Waals surface area contributed by atoms with Gasteiger partial charge < -0.3 is 14.5 Å². The van der Waals surface area contributed by atoms with Crippen molar-refractivity contribution in [2.75, 3.05) is 26.3 Å². The van der Waals surface area contributed by atoms with E-state index in [-0.39, 0.29) is 18.4 Å². The van der Waals surface area contributed by atoms with Gasteiger partial charge in [-0.3, -0.25) is 14.3 Å². The summed E-state index contributed by atoms with van der Waals surface area (Å²) in [7, 11) is 0. The molecular weight excluding hydrogens is 344 g/mol. The van der Waals surface area contributed by atoms with Crippen molar-refractivity contribution < 1.29 is 14.3 Å². The molecule has 0 radical (unpaired) electrons. The van der Waals surface area contributed by atoms with Crippen molar-refractivity contribution in [1.29, 1.82) is 0 Å². The lowest BCUT2D eigenvalue weighted by Crippen LogP contribution is -2.39. The Kier molecular flexibility index (Phi) is 5.29. The van der Waals surface area contributed by atoms with Crippen LogP contribution >= 0.6 is 0 Å². The van der Waals surface area contributed by atoms with Gasteiger partial charge in [-0.2, -0.15) is 5.10 Å². The number of allylic oxidation sites excluding steroid dienone is 1. The number of hydrogen-bond donors (Lipinski definition) is 0. The summed E-state index contributed by atoms with van der Waals surface area (Å²) in [6, 6.07) is 0.302. The van der Waals surface area contributed by atoms with Gasteiger partial charge in [-0.25, -0.2) is 0 Å². The van der Waals surface area contributed by atoms with Gasteiger partial charge in [0.1, 0.15) is 6.61 Å². The molecule has 1 aliphatic carbocycles. The molecule has 7 nitrogen and oxygen atoms in total. The fourth-order valence-corrected chi connectivity index (χ4v) is 4.07. The standard InChI is InChI=1S/C20H28N4O3/c1-2-27-14-20(26)23-12-16-11-21-24(18(16)13-23)17-6-8-22(9-7-17)19(25)10-15-4-3-5-15/h10-11,17H,2-9,12-14H2,1H3. The smallest absolute Gasteiger partial charge is 0.249 e. The maximum atomic E-state index is 12.4. The Bertz CT molecular complexity index is 740. The minimum Gasteiger partial charge on any atom is -0.372 e. The fraction of sp³-hybridized carbons (Fsp3) is 0.650. The second-order valence-corrected chi connectivity index (χ2v) is 7.66. The molecular formula is C20H28N4O3. The van der Waals surface area contributed by atoms with E-state index in [4.69, 9.17) is 4.74 Å². The third kappa shape index (κ3) is 3.78. The third-order valence-electron chi connectivity index (χ3n) is 5.91. The molecule has 2 amide bonds. The van der Waals surface area contributed by atoms with Gasteiger partial charge in [0.25, 0.3) is 0 Å². The van der Waals surface area contributed by atoms with Crippen LogP contribution in [0.1, 0.15) is 56.3 Å². The molecule has 2 fully saturated rings. The average molecular weight is 372 g/mol. The zero-order chi connectivity index (χ0) is 18.8. The van der Waals surface area contributed by atoms with Gasteiger partial charge in [0.2, 0.25) is 11.8 Å². The molecule has 0 spiro atoms. The lowest BCUT2D eigenvalue weighted by atomic mass is 9.92. The number of nitrogens with zero attached hydrogens (tertiary/aromatic N) is 4. The van der Waals surface area contributed by atoms with Crippen LogP contribution in [0.25, 0.3) is 0 Å². The number of ether oxygens (including phenoxy) is 1.